The van der Waals surface area contributed by atoms with Crippen LogP contribution in [0.1, 0.15) is 11.1 Å². The van der Waals surface area contributed by atoms with Gasteiger partial charge in [-0.15, -0.1) is 0 Å². The van der Waals surface area contributed by atoms with Crippen molar-refractivity contribution in [2.45, 2.75) is 13.3 Å². The fourth-order valence-corrected chi connectivity index (χ4v) is 2.20. The number of halogens is 1. The molecule has 0 amide bonds. The quantitative estimate of drug-likeness (QED) is 0.894. The Kier molecular flexibility index (Phi) is 2.61. The van der Waals surface area contributed by atoms with Crippen molar-refractivity contribution < 1.29 is 4.42 Å². The molecule has 1 aromatic carbocycles. The summed E-state index contributed by atoms with van der Waals surface area (Å²) in [7, 11) is 0. The van der Waals surface area contributed by atoms with Gasteiger partial charge in [-0.25, -0.2) is 0 Å². The summed E-state index contributed by atoms with van der Waals surface area (Å²) in [5.74, 6) is 0. The SMILES string of the molecule is Cc1ccc2oc(Br)c(CCN)c2c1. The van der Waals surface area contributed by atoms with Gasteiger partial charge in [0.05, 0.1) is 0 Å². The van der Waals surface area contributed by atoms with Crippen LogP contribution in [0.4, 0.5) is 0 Å². The molecule has 0 aliphatic rings. The second-order valence-corrected chi connectivity index (χ2v) is 4.11. The van der Waals surface area contributed by atoms with Crippen LogP contribution in [-0.4, -0.2) is 6.54 Å². The topological polar surface area (TPSA) is 39.2 Å². The number of hydrogen-bond donors (Lipinski definition) is 1. The highest BCUT2D eigenvalue weighted by Crippen LogP contribution is 2.30. The van der Waals surface area contributed by atoms with Gasteiger partial charge in [-0.3, -0.25) is 0 Å². The first-order chi connectivity index (χ1) is 6.72. The number of rotatable bonds is 2. The molecule has 0 aliphatic heterocycles. The lowest BCUT2D eigenvalue weighted by Crippen LogP contribution is -2.02. The molecule has 0 saturated carbocycles. The van der Waals surface area contributed by atoms with Gasteiger partial charge in [-0.05, 0) is 48.0 Å². The monoisotopic (exact) mass is 253 g/mol. The molecule has 0 unspecified atom stereocenters. The van der Waals surface area contributed by atoms with Crippen LogP contribution in [-0.2, 0) is 6.42 Å². The summed E-state index contributed by atoms with van der Waals surface area (Å²) in [6.45, 7) is 2.72. The number of hydrogen-bond acceptors (Lipinski definition) is 2. The van der Waals surface area contributed by atoms with Gasteiger partial charge < -0.3 is 10.2 Å². The van der Waals surface area contributed by atoms with E-state index in [1.165, 1.54) is 16.5 Å². The summed E-state index contributed by atoms with van der Waals surface area (Å²) < 4.78 is 6.38. The van der Waals surface area contributed by atoms with Crippen LogP contribution in [0, 0.1) is 6.92 Å². The highest BCUT2D eigenvalue weighted by atomic mass is 79.9. The van der Waals surface area contributed by atoms with Crippen LogP contribution >= 0.6 is 15.9 Å². The molecular formula is C11H12BrNO. The van der Waals surface area contributed by atoms with Crippen LogP contribution in [0.5, 0.6) is 0 Å². The lowest BCUT2D eigenvalue weighted by Gasteiger charge is -1.96. The maximum Gasteiger partial charge on any atom is 0.173 e. The second-order valence-electron chi connectivity index (χ2n) is 3.39. The van der Waals surface area contributed by atoms with Gasteiger partial charge in [0.15, 0.2) is 4.67 Å². The Balaban J connectivity index is 2.66. The summed E-state index contributed by atoms with van der Waals surface area (Å²) in [5, 5.41) is 1.17. The third kappa shape index (κ3) is 1.57. The largest absolute Gasteiger partial charge is 0.449 e. The Hall–Kier alpha value is -0.800. The zero-order chi connectivity index (χ0) is 10.1. The van der Waals surface area contributed by atoms with Crippen molar-refractivity contribution in [3.63, 3.8) is 0 Å². The molecule has 2 rings (SSSR count). The van der Waals surface area contributed by atoms with Gasteiger partial charge in [0.2, 0.25) is 0 Å². The van der Waals surface area contributed by atoms with E-state index in [1.807, 2.05) is 12.1 Å². The minimum atomic E-state index is 0.640. The van der Waals surface area contributed by atoms with Crippen molar-refractivity contribution >= 4 is 26.9 Å². The van der Waals surface area contributed by atoms with Crippen LogP contribution in [0.2, 0.25) is 0 Å². The third-order valence-corrected chi connectivity index (χ3v) is 2.93. The second kappa shape index (κ2) is 3.75. The highest BCUT2D eigenvalue weighted by Gasteiger charge is 2.10. The number of nitrogens with two attached hydrogens (primary N) is 1. The first-order valence-corrected chi connectivity index (χ1v) is 5.39. The minimum Gasteiger partial charge on any atom is -0.449 e. The van der Waals surface area contributed by atoms with Gasteiger partial charge in [-0.2, -0.15) is 0 Å². The summed E-state index contributed by atoms with van der Waals surface area (Å²) in [6, 6.07) is 6.18. The molecule has 1 heterocycles. The van der Waals surface area contributed by atoms with Crippen LogP contribution in [0.3, 0.4) is 0 Å². The summed E-state index contributed by atoms with van der Waals surface area (Å²) in [4.78, 5) is 0. The van der Waals surface area contributed by atoms with Crippen molar-refractivity contribution in [1.82, 2.24) is 0 Å². The maximum absolute atomic E-state index is 5.57. The van der Waals surface area contributed by atoms with Crippen molar-refractivity contribution in [3.8, 4) is 0 Å². The van der Waals surface area contributed by atoms with Crippen LogP contribution in [0.15, 0.2) is 27.3 Å². The molecular weight excluding hydrogens is 242 g/mol. The smallest absolute Gasteiger partial charge is 0.173 e. The van der Waals surface area contributed by atoms with E-state index in [0.29, 0.717) is 6.54 Å². The summed E-state index contributed by atoms with van der Waals surface area (Å²) in [6.07, 6.45) is 0.844. The zero-order valence-electron chi connectivity index (χ0n) is 8.01. The fraction of sp³-hybridized carbons (Fsp3) is 0.273. The van der Waals surface area contributed by atoms with E-state index in [2.05, 4.69) is 28.9 Å². The molecule has 0 fully saturated rings. The van der Waals surface area contributed by atoms with E-state index in [1.54, 1.807) is 0 Å². The first-order valence-electron chi connectivity index (χ1n) is 4.60. The van der Waals surface area contributed by atoms with Gasteiger partial charge in [0, 0.05) is 10.9 Å². The summed E-state index contributed by atoms with van der Waals surface area (Å²) >= 11 is 3.41. The average molecular weight is 254 g/mol. The average Bonchev–Trinajstić information content (AvgIpc) is 2.45. The lowest BCUT2D eigenvalue weighted by atomic mass is 10.1. The number of aryl methyl sites for hydroxylation is 1. The number of fused-ring (bicyclic) bond motifs is 1. The van der Waals surface area contributed by atoms with Crippen molar-refractivity contribution in [1.29, 1.82) is 0 Å². The van der Waals surface area contributed by atoms with Gasteiger partial charge in [0.1, 0.15) is 5.58 Å². The van der Waals surface area contributed by atoms with Crippen LogP contribution in [0.25, 0.3) is 11.0 Å². The van der Waals surface area contributed by atoms with Crippen molar-refractivity contribution in [2.75, 3.05) is 6.54 Å². The molecule has 74 valence electrons. The summed E-state index contributed by atoms with van der Waals surface area (Å²) in [5.41, 5.74) is 8.89. The van der Waals surface area contributed by atoms with Crippen molar-refractivity contribution in [3.05, 3.63) is 34.0 Å². The van der Waals surface area contributed by atoms with E-state index < -0.39 is 0 Å². The normalized spacial score (nSPS) is 11.1. The Bertz CT molecular complexity index is 462. The first kappa shape index (κ1) is 9.74. The zero-order valence-corrected chi connectivity index (χ0v) is 9.60. The van der Waals surface area contributed by atoms with E-state index in [0.717, 1.165) is 16.7 Å². The van der Waals surface area contributed by atoms with E-state index >= 15 is 0 Å². The standard InChI is InChI=1S/C11H12BrNO/c1-7-2-3-10-9(6-7)8(4-5-13)11(12)14-10/h2-3,6H,4-5,13H2,1H3. The highest BCUT2D eigenvalue weighted by molar-refractivity contribution is 9.10. The number of benzene rings is 1. The number of furan rings is 1. The molecule has 0 spiro atoms. The molecule has 0 atom stereocenters. The third-order valence-electron chi connectivity index (χ3n) is 2.29. The predicted molar refractivity (Wildman–Crippen MR) is 61.4 cm³/mol. The molecule has 2 nitrogen and oxygen atoms in total. The Morgan fingerprint density at radius 2 is 2.21 bits per heavy atom. The van der Waals surface area contributed by atoms with Crippen molar-refractivity contribution in [2.24, 2.45) is 5.73 Å². The Morgan fingerprint density at radius 1 is 1.43 bits per heavy atom. The Morgan fingerprint density at radius 3 is 2.93 bits per heavy atom. The lowest BCUT2D eigenvalue weighted by molar-refractivity contribution is 0.581. The van der Waals surface area contributed by atoms with E-state index in [4.69, 9.17) is 10.2 Å². The molecule has 0 radical (unpaired) electrons. The van der Waals surface area contributed by atoms with E-state index in [-0.39, 0.29) is 0 Å². The maximum atomic E-state index is 5.57. The van der Waals surface area contributed by atoms with Crippen LogP contribution < -0.4 is 5.73 Å². The predicted octanol–water partition coefficient (Wildman–Crippen LogP) is 3.00. The molecule has 14 heavy (non-hydrogen) atoms. The van der Waals surface area contributed by atoms with Gasteiger partial charge in [-0.1, -0.05) is 11.6 Å². The fourth-order valence-electron chi connectivity index (χ4n) is 1.61. The molecule has 0 bridgehead atoms. The van der Waals surface area contributed by atoms with E-state index in [9.17, 15) is 0 Å². The molecule has 1 aromatic heterocycles. The molecule has 0 saturated heterocycles. The van der Waals surface area contributed by atoms with Gasteiger partial charge in [0.25, 0.3) is 0 Å². The molecule has 0 aliphatic carbocycles. The Labute approximate surface area is 91.2 Å². The molecule has 2 N–H and O–H groups in total. The minimum absolute atomic E-state index is 0.640. The molecule has 2 aromatic rings. The molecule has 3 heteroatoms. The van der Waals surface area contributed by atoms with Gasteiger partial charge >= 0.3 is 0 Å².